The van der Waals surface area contributed by atoms with E-state index < -0.39 is 12.1 Å². The summed E-state index contributed by atoms with van der Waals surface area (Å²) in [5.74, 6) is 4.80. The average molecular weight is 481 g/mol. The highest BCUT2D eigenvalue weighted by Gasteiger charge is 2.08. The minimum atomic E-state index is -0.733. The Hall–Kier alpha value is -2.09. The predicted molar refractivity (Wildman–Crippen MR) is 119 cm³/mol. The summed E-state index contributed by atoms with van der Waals surface area (Å²) < 4.78 is 20.0. The normalized spacial score (nSPS) is 10.3. The molecule has 0 aliphatic rings. The highest BCUT2D eigenvalue weighted by molar-refractivity contribution is 7.80. The number of thiol groups is 1. The first-order valence-electron chi connectivity index (χ1n) is 10.6. The Morgan fingerprint density at radius 3 is 2.00 bits per heavy atom. The molecule has 0 atom stereocenters. The van der Waals surface area contributed by atoms with Crippen molar-refractivity contribution in [3.8, 4) is 0 Å². The first kappa shape index (κ1) is 29.9. The summed E-state index contributed by atoms with van der Waals surface area (Å²) in [4.78, 5) is 45.5. The monoisotopic (exact) mass is 480 g/mol. The van der Waals surface area contributed by atoms with Gasteiger partial charge in [0.15, 0.2) is 0 Å². The molecule has 0 aliphatic heterocycles. The molecule has 12 nitrogen and oxygen atoms in total. The Morgan fingerprint density at radius 2 is 1.31 bits per heavy atom. The molecule has 0 aromatic heterocycles. The number of amides is 3. The van der Waals surface area contributed by atoms with Gasteiger partial charge in [-0.1, -0.05) is 6.42 Å². The van der Waals surface area contributed by atoms with Crippen LogP contribution in [-0.2, 0) is 33.3 Å². The highest BCUT2D eigenvalue weighted by Crippen LogP contribution is 2.00. The molecule has 0 spiro atoms. The van der Waals surface area contributed by atoms with E-state index in [0.29, 0.717) is 32.8 Å². The Morgan fingerprint density at radius 1 is 0.688 bits per heavy atom. The van der Waals surface area contributed by atoms with Gasteiger partial charge in [-0.3, -0.25) is 19.8 Å². The summed E-state index contributed by atoms with van der Waals surface area (Å²) in [6.07, 6.45) is 2.44. The van der Waals surface area contributed by atoms with E-state index in [-0.39, 0.29) is 51.0 Å². The number of ether oxygens (including phenoxy) is 4. The van der Waals surface area contributed by atoms with Crippen LogP contribution in [0.5, 0.6) is 0 Å². The topological polar surface area (TPSA) is 167 Å². The number of unbranched alkanes of at least 4 members (excludes halogenated alkanes) is 2. The van der Waals surface area contributed by atoms with Crippen LogP contribution in [0.2, 0.25) is 0 Å². The smallest absolute Gasteiger partial charge is 0.421 e. The van der Waals surface area contributed by atoms with Crippen LogP contribution in [0.4, 0.5) is 4.79 Å². The number of nitrogens with two attached hydrogens (primary N) is 1. The molecule has 3 amide bonds. The molecule has 0 saturated heterocycles. The number of hydrogen-bond acceptors (Lipinski definition) is 10. The molecule has 0 aromatic carbocycles. The maximum absolute atomic E-state index is 11.7. The van der Waals surface area contributed by atoms with Crippen molar-refractivity contribution in [3.63, 3.8) is 0 Å². The third-order valence-electron chi connectivity index (χ3n) is 3.82. The van der Waals surface area contributed by atoms with Crippen molar-refractivity contribution in [2.75, 3.05) is 58.5 Å². The highest BCUT2D eigenvalue weighted by atomic mass is 32.1. The van der Waals surface area contributed by atoms with Crippen molar-refractivity contribution in [1.29, 1.82) is 0 Å². The van der Waals surface area contributed by atoms with E-state index in [1.807, 2.05) is 5.43 Å². The van der Waals surface area contributed by atoms with Crippen LogP contribution < -0.4 is 21.9 Å². The molecule has 0 bridgehead atoms. The molecule has 0 saturated carbocycles. The van der Waals surface area contributed by atoms with Gasteiger partial charge in [0, 0.05) is 19.4 Å². The lowest BCUT2D eigenvalue weighted by molar-refractivity contribution is -0.145. The summed E-state index contributed by atoms with van der Waals surface area (Å²) in [6.45, 7) is 1.83. The number of hydrazine groups is 1. The van der Waals surface area contributed by atoms with Crippen LogP contribution >= 0.6 is 12.6 Å². The van der Waals surface area contributed by atoms with Gasteiger partial charge in [0.05, 0.1) is 39.4 Å². The van der Waals surface area contributed by atoms with E-state index in [1.165, 1.54) is 0 Å². The first-order valence-corrected chi connectivity index (χ1v) is 11.2. The second-order valence-corrected chi connectivity index (χ2v) is 6.91. The van der Waals surface area contributed by atoms with Crippen molar-refractivity contribution in [3.05, 3.63) is 0 Å². The van der Waals surface area contributed by atoms with Gasteiger partial charge in [-0.05, 0) is 18.6 Å². The molecular formula is C19H36N4O8S. The molecule has 186 valence electrons. The van der Waals surface area contributed by atoms with Crippen molar-refractivity contribution in [2.24, 2.45) is 5.84 Å². The zero-order valence-electron chi connectivity index (χ0n) is 18.4. The van der Waals surface area contributed by atoms with Gasteiger partial charge in [0.2, 0.25) is 11.8 Å². The molecule has 0 heterocycles. The Labute approximate surface area is 194 Å². The molecule has 5 N–H and O–H groups in total. The van der Waals surface area contributed by atoms with Gasteiger partial charge in [-0.2, -0.15) is 12.6 Å². The molecule has 0 aromatic rings. The van der Waals surface area contributed by atoms with Crippen molar-refractivity contribution in [2.45, 2.75) is 38.5 Å². The molecule has 0 unspecified atom stereocenters. The standard InChI is InChI=1S/C19H36N4O8S/c20-23-19(27)31-14-13-29-12-11-28-9-7-21-17(25)5-6-18(26)30-10-8-22-16(24)4-2-1-3-15-32/h32H,1-15,20H2,(H,21,25)(H,22,24)(H,23,27). The lowest BCUT2D eigenvalue weighted by Gasteiger charge is -2.08. The van der Waals surface area contributed by atoms with Gasteiger partial charge in [0.1, 0.15) is 13.2 Å². The SMILES string of the molecule is NNC(=O)OCCOCCOCCNC(=O)CCC(=O)OCCNC(=O)CCCCCS. The Kier molecular flexibility index (Phi) is 20.7. The quantitative estimate of drug-likeness (QED) is 0.0391. The molecular weight excluding hydrogens is 444 g/mol. The summed E-state index contributed by atoms with van der Waals surface area (Å²) in [5, 5.41) is 5.31. The van der Waals surface area contributed by atoms with Crippen LogP contribution in [0, 0.1) is 0 Å². The van der Waals surface area contributed by atoms with Gasteiger partial charge in [-0.15, -0.1) is 0 Å². The zero-order chi connectivity index (χ0) is 23.9. The van der Waals surface area contributed by atoms with Crippen molar-refractivity contribution < 1.29 is 38.1 Å². The Balaban J connectivity index is 3.44. The molecule has 13 heteroatoms. The fraction of sp³-hybridized carbons (Fsp3) is 0.789. The van der Waals surface area contributed by atoms with Crippen LogP contribution in [0.3, 0.4) is 0 Å². The fourth-order valence-electron chi connectivity index (χ4n) is 2.21. The number of rotatable bonds is 20. The third kappa shape index (κ3) is 21.2. The second-order valence-electron chi connectivity index (χ2n) is 6.46. The van der Waals surface area contributed by atoms with E-state index in [9.17, 15) is 19.2 Å². The second kappa shape index (κ2) is 22.1. The minimum absolute atomic E-state index is 0.00975. The summed E-state index contributed by atoms with van der Waals surface area (Å²) >= 11 is 4.11. The molecule has 32 heavy (non-hydrogen) atoms. The predicted octanol–water partition coefficient (Wildman–Crippen LogP) is -0.334. The summed E-state index contributed by atoms with van der Waals surface area (Å²) in [7, 11) is 0. The molecule has 0 fully saturated rings. The van der Waals surface area contributed by atoms with E-state index >= 15 is 0 Å². The van der Waals surface area contributed by atoms with Crippen LogP contribution in [0.25, 0.3) is 0 Å². The van der Waals surface area contributed by atoms with Crippen LogP contribution in [0.15, 0.2) is 0 Å². The zero-order valence-corrected chi connectivity index (χ0v) is 19.3. The number of hydrogen-bond donors (Lipinski definition) is 5. The number of esters is 1. The van der Waals surface area contributed by atoms with Crippen LogP contribution in [-0.4, -0.2) is 82.4 Å². The lowest BCUT2D eigenvalue weighted by atomic mass is 10.2. The molecule has 0 radical (unpaired) electrons. The number of carbonyl (C=O) groups excluding carboxylic acids is 4. The maximum atomic E-state index is 11.7. The molecule has 0 rings (SSSR count). The van der Waals surface area contributed by atoms with E-state index in [4.69, 9.17) is 20.1 Å². The molecule has 0 aliphatic carbocycles. The van der Waals surface area contributed by atoms with Gasteiger partial charge in [0.25, 0.3) is 0 Å². The number of nitrogens with one attached hydrogen (secondary N) is 3. The maximum Gasteiger partial charge on any atom is 0.421 e. The van der Waals surface area contributed by atoms with E-state index in [2.05, 4.69) is 28.0 Å². The average Bonchev–Trinajstić information content (AvgIpc) is 2.79. The largest absolute Gasteiger partial charge is 0.464 e. The van der Waals surface area contributed by atoms with Gasteiger partial charge in [-0.25, -0.2) is 10.6 Å². The van der Waals surface area contributed by atoms with E-state index in [1.54, 1.807) is 0 Å². The van der Waals surface area contributed by atoms with Gasteiger partial charge < -0.3 is 29.6 Å². The third-order valence-corrected chi connectivity index (χ3v) is 4.14. The fourth-order valence-corrected chi connectivity index (χ4v) is 2.44. The first-order chi connectivity index (χ1) is 15.5. The van der Waals surface area contributed by atoms with Crippen molar-refractivity contribution >= 4 is 36.5 Å². The Bertz CT molecular complexity index is 539. The van der Waals surface area contributed by atoms with Crippen molar-refractivity contribution in [1.82, 2.24) is 16.1 Å². The summed E-state index contributed by atoms with van der Waals surface area (Å²) in [6, 6.07) is 0. The van der Waals surface area contributed by atoms with Crippen LogP contribution in [0.1, 0.15) is 38.5 Å². The van der Waals surface area contributed by atoms with Gasteiger partial charge >= 0.3 is 12.1 Å². The van der Waals surface area contributed by atoms with E-state index in [0.717, 1.165) is 25.0 Å². The number of carbonyl (C=O) groups is 4. The summed E-state index contributed by atoms with van der Waals surface area (Å²) in [5.41, 5.74) is 1.82. The lowest BCUT2D eigenvalue weighted by Crippen LogP contribution is -2.31. The minimum Gasteiger partial charge on any atom is -0.464 e.